The predicted octanol–water partition coefficient (Wildman–Crippen LogP) is 2.90. The highest BCUT2D eigenvalue weighted by atomic mass is 35.5. The van der Waals surface area contributed by atoms with E-state index in [1.54, 1.807) is 0 Å². The van der Waals surface area contributed by atoms with Crippen molar-refractivity contribution in [3.8, 4) is 0 Å². The van der Waals surface area contributed by atoms with Crippen LogP contribution >= 0.6 is 33.2 Å². The highest BCUT2D eigenvalue weighted by Gasteiger charge is 2.01. The molecule has 0 unspecified atom stereocenters. The lowest BCUT2D eigenvalue weighted by molar-refractivity contribution is 0.174. The van der Waals surface area contributed by atoms with Gasteiger partial charge in [-0.1, -0.05) is 10.8 Å². The average Bonchev–Trinajstić information content (AvgIpc) is 2.10. The summed E-state index contributed by atoms with van der Waals surface area (Å²) < 4.78 is 8.85. The van der Waals surface area contributed by atoms with E-state index in [1.165, 1.54) is 17.9 Å². The van der Waals surface area contributed by atoms with Gasteiger partial charge in [-0.25, -0.2) is 9.59 Å². The summed E-state index contributed by atoms with van der Waals surface area (Å²) in [6, 6.07) is 0. The number of ether oxygens (including phenoxy) is 2. The third-order valence-electron chi connectivity index (χ3n) is 0.881. The van der Waals surface area contributed by atoms with Gasteiger partial charge in [0, 0.05) is 28.1 Å². The van der Waals surface area contributed by atoms with Gasteiger partial charge in [0.25, 0.3) is 0 Å². The Morgan fingerprint density at radius 1 is 1.46 bits per heavy atom. The summed E-state index contributed by atoms with van der Waals surface area (Å²) in [7, 11) is 3.69. The number of halogens is 1. The van der Waals surface area contributed by atoms with E-state index in [-0.39, 0.29) is 11.9 Å². The van der Waals surface area contributed by atoms with Gasteiger partial charge in [0.05, 0.1) is 13.7 Å². The molecule has 0 spiro atoms. The quantitative estimate of drug-likeness (QED) is 0.321. The minimum Gasteiger partial charge on any atom is -0.460 e. The van der Waals surface area contributed by atoms with Crippen LogP contribution in [0, 0.1) is 0 Å². The Bertz CT molecular complexity index is 176. The fourth-order valence-electron chi connectivity index (χ4n) is 0.394. The fourth-order valence-corrected chi connectivity index (χ4v) is 2.05. The lowest BCUT2D eigenvalue weighted by atomic mass is 10.5. The Labute approximate surface area is 89.1 Å². The Balaban J connectivity index is 3.08. The van der Waals surface area contributed by atoms with Crippen LogP contribution in [0.3, 0.4) is 0 Å². The van der Waals surface area contributed by atoms with Crippen molar-refractivity contribution in [2.24, 2.45) is 0 Å². The number of hydrogen-bond acceptors (Lipinski definition) is 6. The summed E-state index contributed by atoms with van der Waals surface area (Å²) >= 11 is 4.92. The smallest absolute Gasteiger partial charge is 0.403 e. The van der Waals surface area contributed by atoms with Crippen LogP contribution in [0.4, 0.5) is 9.59 Å². The summed E-state index contributed by atoms with van der Waals surface area (Å²) in [4.78, 5) is 20.7. The Kier molecular flexibility index (Phi) is 8.48. The molecule has 0 rings (SSSR count). The fraction of sp³-hybridized carbons (Fsp3) is 0.667. The van der Waals surface area contributed by atoms with E-state index >= 15 is 0 Å². The molecule has 0 bridgehead atoms. The molecule has 0 saturated heterocycles. The molecule has 13 heavy (non-hydrogen) atoms. The molecular weight excluding hydrogens is 236 g/mol. The molecule has 0 aliphatic rings. The predicted molar refractivity (Wildman–Crippen MR) is 54.3 cm³/mol. The second-order valence-corrected chi connectivity index (χ2v) is 4.46. The van der Waals surface area contributed by atoms with E-state index in [4.69, 9.17) is 11.6 Å². The van der Waals surface area contributed by atoms with Gasteiger partial charge in [-0.15, -0.1) is 0 Å². The molecule has 0 aliphatic heterocycles. The molecule has 4 nitrogen and oxygen atoms in total. The maximum atomic E-state index is 10.6. The number of hydrogen-bond donors (Lipinski definition) is 0. The van der Waals surface area contributed by atoms with Crippen LogP contribution in [0.5, 0.6) is 0 Å². The molecule has 76 valence electrons. The first-order chi connectivity index (χ1) is 6.16. The van der Waals surface area contributed by atoms with Gasteiger partial charge < -0.3 is 9.47 Å². The van der Waals surface area contributed by atoms with Crippen molar-refractivity contribution in [3.63, 3.8) is 0 Å². The first kappa shape index (κ1) is 12.9. The van der Waals surface area contributed by atoms with E-state index in [9.17, 15) is 9.59 Å². The highest BCUT2D eigenvalue weighted by molar-refractivity contribution is 8.82. The number of rotatable bonds is 5. The molecule has 0 heterocycles. The molecule has 0 aromatic heterocycles. The van der Waals surface area contributed by atoms with Crippen LogP contribution < -0.4 is 0 Å². The molecule has 0 N–H and O–H groups in total. The zero-order chi connectivity index (χ0) is 10.1. The maximum absolute atomic E-state index is 10.6. The van der Waals surface area contributed by atoms with Crippen molar-refractivity contribution in [1.29, 1.82) is 0 Å². The summed E-state index contributed by atoms with van der Waals surface area (Å²) in [5, 5.41) is -0.334. The van der Waals surface area contributed by atoms with Crippen molar-refractivity contribution in [1.82, 2.24) is 0 Å². The SMILES string of the molecule is COC(=O)SSCCCOC(=O)Cl. The molecule has 0 radical (unpaired) electrons. The molecule has 0 aromatic carbocycles. The summed E-state index contributed by atoms with van der Waals surface area (Å²) in [6.07, 6.45) is 0.660. The van der Waals surface area contributed by atoms with E-state index in [1.807, 2.05) is 0 Å². The Hall–Kier alpha value is -0.0700. The van der Waals surface area contributed by atoms with Gasteiger partial charge in [-0.2, -0.15) is 0 Å². The summed E-state index contributed by atoms with van der Waals surface area (Å²) in [5.74, 6) is 0.698. The molecule has 7 heteroatoms. The monoisotopic (exact) mass is 244 g/mol. The van der Waals surface area contributed by atoms with Crippen LogP contribution in [-0.4, -0.2) is 30.2 Å². The van der Waals surface area contributed by atoms with Crippen molar-refractivity contribution in [2.75, 3.05) is 19.5 Å². The third-order valence-corrected chi connectivity index (χ3v) is 3.13. The number of carbonyl (C=O) groups is 2. The van der Waals surface area contributed by atoms with E-state index < -0.39 is 5.43 Å². The summed E-state index contributed by atoms with van der Waals surface area (Å²) in [5.41, 5.74) is -0.800. The van der Waals surface area contributed by atoms with Crippen LogP contribution in [-0.2, 0) is 9.47 Å². The molecule has 0 amide bonds. The second kappa shape index (κ2) is 8.52. The molecule has 0 aliphatic carbocycles. The largest absolute Gasteiger partial charge is 0.460 e. The second-order valence-electron chi connectivity index (χ2n) is 1.80. The van der Waals surface area contributed by atoms with Gasteiger partial charge in [-0.05, 0) is 6.42 Å². The Morgan fingerprint density at radius 3 is 2.69 bits per heavy atom. The van der Waals surface area contributed by atoms with Gasteiger partial charge in [-0.3, -0.25) is 0 Å². The molecule has 0 atom stereocenters. The van der Waals surface area contributed by atoms with Crippen LogP contribution in [0.15, 0.2) is 0 Å². The topological polar surface area (TPSA) is 52.6 Å². The van der Waals surface area contributed by atoms with Gasteiger partial charge in [0.15, 0.2) is 0 Å². The van der Waals surface area contributed by atoms with E-state index in [0.29, 0.717) is 12.2 Å². The third kappa shape index (κ3) is 9.85. The van der Waals surface area contributed by atoms with Gasteiger partial charge >= 0.3 is 10.7 Å². The molecular formula is C6H9ClO4S2. The van der Waals surface area contributed by atoms with Crippen molar-refractivity contribution >= 4 is 43.9 Å². The summed E-state index contributed by atoms with van der Waals surface area (Å²) in [6.45, 7) is 0.275. The minimum atomic E-state index is -0.800. The molecule has 0 saturated carbocycles. The zero-order valence-electron chi connectivity index (χ0n) is 6.95. The maximum Gasteiger partial charge on any atom is 0.403 e. The highest BCUT2D eigenvalue weighted by Crippen LogP contribution is 2.23. The van der Waals surface area contributed by atoms with Crippen molar-refractivity contribution in [3.05, 3.63) is 0 Å². The lowest BCUT2D eigenvalue weighted by Gasteiger charge is -1.99. The normalized spacial score (nSPS) is 9.38. The van der Waals surface area contributed by atoms with Crippen LogP contribution in [0.1, 0.15) is 6.42 Å². The average molecular weight is 245 g/mol. The lowest BCUT2D eigenvalue weighted by Crippen LogP contribution is -1.97. The van der Waals surface area contributed by atoms with Gasteiger partial charge in [0.2, 0.25) is 0 Å². The standard InChI is InChI=1S/C6H9ClO4S2/c1-10-6(9)13-12-4-2-3-11-5(7)8/h2-4H2,1H3. The van der Waals surface area contributed by atoms with Gasteiger partial charge in [0.1, 0.15) is 0 Å². The van der Waals surface area contributed by atoms with Crippen molar-refractivity contribution < 1.29 is 19.1 Å². The molecule has 0 aromatic rings. The number of methoxy groups -OCH3 is 1. The van der Waals surface area contributed by atoms with E-state index in [2.05, 4.69) is 9.47 Å². The molecule has 0 fully saturated rings. The zero-order valence-corrected chi connectivity index (χ0v) is 9.34. The Morgan fingerprint density at radius 2 is 2.15 bits per heavy atom. The van der Waals surface area contributed by atoms with Crippen molar-refractivity contribution in [2.45, 2.75) is 6.42 Å². The van der Waals surface area contributed by atoms with Crippen LogP contribution in [0.2, 0.25) is 0 Å². The van der Waals surface area contributed by atoms with Crippen LogP contribution in [0.25, 0.3) is 0 Å². The minimum absolute atomic E-state index is 0.275. The number of carbonyl (C=O) groups excluding carboxylic acids is 2. The first-order valence-electron chi connectivity index (χ1n) is 3.36. The van der Waals surface area contributed by atoms with E-state index in [0.717, 1.165) is 10.8 Å². The first-order valence-corrected chi connectivity index (χ1v) is 6.06.